The average Bonchev–Trinajstić information content (AvgIpc) is 2.67. The van der Waals surface area contributed by atoms with Crippen molar-refractivity contribution >= 4 is 17.3 Å². The predicted molar refractivity (Wildman–Crippen MR) is 97.9 cm³/mol. The zero-order valence-electron chi connectivity index (χ0n) is 15.4. The fourth-order valence-corrected chi connectivity index (χ4v) is 2.51. The van der Waals surface area contributed by atoms with Gasteiger partial charge in [0, 0.05) is 24.0 Å². The van der Waals surface area contributed by atoms with Crippen LogP contribution in [-0.2, 0) is 11.0 Å². The van der Waals surface area contributed by atoms with E-state index in [-0.39, 0.29) is 5.69 Å². The SMILES string of the molecule is N#Cc1ccc(NC(=O)[C@@H](O)CN/C=C2\C(=N)C=CC=C2C(F)(F)F)cc1C(F)(F)F. The number of rotatable bonds is 5. The Morgan fingerprint density at radius 2 is 1.90 bits per heavy atom. The molecule has 1 aromatic rings. The highest BCUT2D eigenvalue weighted by Gasteiger charge is 2.37. The standard InChI is InChI=1S/C19H14F6N4O2/c20-18(21,22)13-2-1-3-15(27)12(13)8-28-9-16(30)17(31)29-11-5-4-10(7-26)14(6-11)19(23,24)25/h1-6,8,16,27-28,30H,9H2,(H,29,31)/b12-8-,27-15?/t16-/m0/s1. The molecule has 4 N–H and O–H groups in total. The Balaban J connectivity index is 2.06. The second kappa shape index (κ2) is 9.05. The largest absolute Gasteiger partial charge is 0.417 e. The van der Waals surface area contributed by atoms with E-state index in [0.29, 0.717) is 6.07 Å². The van der Waals surface area contributed by atoms with E-state index in [0.717, 1.165) is 36.6 Å². The van der Waals surface area contributed by atoms with E-state index in [1.807, 2.05) is 5.32 Å². The zero-order valence-corrected chi connectivity index (χ0v) is 15.4. The summed E-state index contributed by atoms with van der Waals surface area (Å²) >= 11 is 0. The van der Waals surface area contributed by atoms with Gasteiger partial charge in [-0.1, -0.05) is 6.08 Å². The van der Waals surface area contributed by atoms with Crippen LogP contribution in [0.25, 0.3) is 0 Å². The summed E-state index contributed by atoms with van der Waals surface area (Å²) in [5.74, 6) is -1.13. The number of aliphatic hydroxyl groups excluding tert-OH is 1. The second-order valence-corrected chi connectivity index (χ2v) is 6.19. The molecule has 0 aliphatic heterocycles. The van der Waals surface area contributed by atoms with Crippen LogP contribution < -0.4 is 10.6 Å². The molecule has 0 bridgehead atoms. The molecular formula is C19H14F6N4O2. The molecule has 0 unspecified atom stereocenters. The van der Waals surface area contributed by atoms with E-state index < -0.39 is 58.9 Å². The third-order valence-corrected chi connectivity index (χ3v) is 3.98. The number of allylic oxidation sites excluding steroid dienone is 5. The van der Waals surface area contributed by atoms with Crippen molar-refractivity contribution in [2.24, 2.45) is 0 Å². The lowest BCUT2D eigenvalue weighted by atomic mass is 9.97. The number of hydrogen-bond donors (Lipinski definition) is 4. The van der Waals surface area contributed by atoms with Gasteiger partial charge in [0.15, 0.2) is 0 Å². The number of hydrogen-bond acceptors (Lipinski definition) is 5. The van der Waals surface area contributed by atoms with Crippen LogP contribution in [0.5, 0.6) is 0 Å². The molecule has 31 heavy (non-hydrogen) atoms. The summed E-state index contributed by atoms with van der Waals surface area (Å²) in [6.07, 6.45) is -7.67. The van der Waals surface area contributed by atoms with Gasteiger partial charge in [-0.05, 0) is 30.4 Å². The molecule has 164 valence electrons. The molecule has 2 rings (SSSR count). The van der Waals surface area contributed by atoms with Crippen LogP contribution in [0.15, 0.2) is 53.8 Å². The molecule has 0 heterocycles. The van der Waals surface area contributed by atoms with Crippen LogP contribution in [-0.4, -0.2) is 35.6 Å². The van der Waals surface area contributed by atoms with Crippen LogP contribution in [0.2, 0.25) is 0 Å². The van der Waals surface area contributed by atoms with Gasteiger partial charge in [0.2, 0.25) is 0 Å². The average molecular weight is 444 g/mol. The fourth-order valence-electron chi connectivity index (χ4n) is 2.51. The molecule has 1 aliphatic carbocycles. The van der Waals surface area contributed by atoms with Crippen molar-refractivity contribution in [2.45, 2.75) is 18.5 Å². The van der Waals surface area contributed by atoms with E-state index in [9.17, 15) is 36.2 Å². The van der Waals surface area contributed by atoms with Gasteiger partial charge in [-0.15, -0.1) is 0 Å². The molecule has 1 aromatic carbocycles. The van der Waals surface area contributed by atoms with Crippen molar-refractivity contribution < 1.29 is 36.2 Å². The number of benzene rings is 1. The lowest BCUT2D eigenvalue weighted by molar-refractivity contribution is -0.137. The quantitative estimate of drug-likeness (QED) is 0.522. The number of nitriles is 1. The Bertz CT molecular complexity index is 1020. The zero-order chi connectivity index (χ0) is 23.4. The summed E-state index contributed by atoms with van der Waals surface area (Å²) in [7, 11) is 0. The third-order valence-electron chi connectivity index (χ3n) is 3.98. The van der Waals surface area contributed by atoms with Gasteiger partial charge >= 0.3 is 12.4 Å². The number of nitrogens with zero attached hydrogens (tertiary/aromatic N) is 1. The van der Waals surface area contributed by atoms with E-state index in [2.05, 4.69) is 5.32 Å². The molecule has 0 spiro atoms. The number of aliphatic hydroxyl groups is 1. The van der Waals surface area contributed by atoms with Crippen molar-refractivity contribution in [3.05, 3.63) is 64.9 Å². The predicted octanol–water partition coefficient (Wildman–Crippen LogP) is 3.43. The first-order valence-electron chi connectivity index (χ1n) is 8.43. The lowest BCUT2D eigenvalue weighted by Crippen LogP contribution is -2.36. The molecule has 0 fully saturated rings. The Labute approximate surface area is 171 Å². The van der Waals surface area contributed by atoms with Gasteiger partial charge in [-0.3, -0.25) is 4.79 Å². The summed E-state index contributed by atoms with van der Waals surface area (Å²) in [6.45, 7) is -0.583. The third kappa shape index (κ3) is 5.95. The number of carbonyl (C=O) groups is 1. The molecule has 6 nitrogen and oxygen atoms in total. The van der Waals surface area contributed by atoms with Crippen molar-refractivity contribution in [1.82, 2.24) is 5.32 Å². The minimum absolute atomic E-state index is 0.338. The molecule has 0 aromatic heterocycles. The van der Waals surface area contributed by atoms with Gasteiger partial charge in [-0.2, -0.15) is 31.6 Å². The highest BCUT2D eigenvalue weighted by molar-refractivity contribution is 6.10. The highest BCUT2D eigenvalue weighted by Crippen LogP contribution is 2.34. The summed E-state index contributed by atoms with van der Waals surface area (Å²) in [5, 5.41) is 30.5. The van der Waals surface area contributed by atoms with Crippen LogP contribution in [0, 0.1) is 16.7 Å². The minimum atomic E-state index is -4.85. The normalized spacial score (nSPS) is 16.5. The maximum absolute atomic E-state index is 13.0. The molecule has 0 saturated heterocycles. The van der Waals surface area contributed by atoms with Crippen molar-refractivity contribution in [3.8, 4) is 6.07 Å². The van der Waals surface area contributed by atoms with E-state index in [4.69, 9.17) is 10.7 Å². The van der Waals surface area contributed by atoms with Gasteiger partial charge in [0.25, 0.3) is 5.91 Å². The molecule has 0 saturated carbocycles. The maximum Gasteiger partial charge on any atom is 0.417 e. The smallest absolute Gasteiger partial charge is 0.387 e. The summed E-state index contributed by atoms with van der Waals surface area (Å²) in [6, 6.07) is 3.78. The molecule has 12 heteroatoms. The lowest BCUT2D eigenvalue weighted by Gasteiger charge is -2.18. The summed E-state index contributed by atoms with van der Waals surface area (Å²) in [4.78, 5) is 12.0. The van der Waals surface area contributed by atoms with Gasteiger partial charge in [0.1, 0.15) is 6.10 Å². The molecule has 0 radical (unpaired) electrons. The Morgan fingerprint density at radius 1 is 1.23 bits per heavy atom. The van der Waals surface area contributed by atoms with E-state index in [1.54, 1.807) is 0 Å². The second-order valence-electron chi connectivity index (χ2n) is 6.19. The maximum atomic E-state index is 13.0. The van der Waals surface area contributed by atoms with Crippen LogP contribution in [0.3, 0.4) is 0 Å². The van der Waals surface area contributed by atoms with E-state index in [1.165, 1.54) is 6.07 Å². The monoisotopic (exact) mass is 444 g/mol. The molecule has 1 aliphatic rings. The number of anilines is 1. The van der Waals surface area contributed by atoms with Crippen LogP contribution >= 0.6 is 0 Å². The topological polar surface area (TPSA) is 109 Å². The van der Waals surface area contributed by atoms with Gasteiger partial charge in [0.05, 0.1) is 28.5 Å². The van der Waals surface area contributed by atoms with Crippen LogP contribution in [0.4, 0.5) is 32.0 Å². The highest BCUT2D eigenvalue weighted by atomic mass is 19.4. The van der Waals surface area contributed by atoms with Crippen LogP contribution in [0.1, 0.15) is 11.1 Å². The number of carbonyl (C=O) groups excluding carboxylic acids is 1. The fraction of sp³-hybridized carbons (Fsp3) is 0.211. The van der Waals surface area contributed by atoms with Crippen molar-refractivity contribution in [2.75, 3.05) is 11.9 Å². The number of amides is 1. The molecule has 1 amide bonds. The Kier molecular flexibility index (Phi) is 6.91. The van der Waals surface area contributed by atoms with Crippen molar-refractivity contribution in [3.63, 3.8) is 0 Å². The first-order chi connectivity index (χ1) is 14.3. The number of alkyl halides is 6. The minimum Gasteiger partial charge on any atom is -0.387 e. The number of halogens is 6. The van der Waals surface area contributed by atoms with Gasteiger partial charge in [-0.25, -0.2) is 0 Å². The summed E-state index contributed by atoms with van der Waals surface area (Å²) in [5.41, 5.74) is -4.32. The summed E-state index contributed by atoms with van der Waals surface area (Å²) < 4.78 is 77.9. The Hall–Kier alpha value is -3.59. The van der Waals surface area contributed by atoms with E-state index >= 15 is 0 Å². The first-order valence-corrected chi connectivity index (χ1v) is 8.43. The van der Waals surface area contributed by atoms with Crippen molar-refractivity contribution in [1.29, 1.82) is 10.7 Å². The van der Waals surface area contributed by atoms with Gasteiger partial charge < -0.3 is 21.1 Å². The first kappa shape index (κ1) is 23.7. The Morgan fingerprint density at radius 3 is 2.48 bits per heavy atom. The number of nitrogens with one attached hydrogen (secondary N) is 3. The molecule has 1 atom stereocenters. The molecular weight excluding hydrogens is 430 g/mol.